The Morgan fingerprint density at radius 3 is 2.50 bits per heavy atom. The predicted octanol–water partition coefficient (Wildman–Crippen LogP) is 2.84. The molecular formula is C20H24FN3O2. The Kier molecular flexibility index (Phi) is 5.85. The predicted molar refractivity (Wildman–Crippen MR) is 97.9 cm³/mol. The Morgan fingerprint density at radius 2 is 1.85 bits per heavy atom. The zero-order valence-electron chi connectivity index (χ0n) is 15.0. The molecular weight excluding hydrogens is 333 g/mol. The number of nitrogens with one attached hydrogen (secondary N) is 3. The van der Waals surface area contributed by atoms with E-state index in [9.17, 15) is 9.18 Å². The normalized spacial score (nSPS) is 19.5. The van der Waals surface area contributed by atoms with E-state index < -0.39 is 0 Å². The Hall–Kier alpha value is -2.44. The summed E-state index contributed by atoms with van der Waals surface area (Å²) < 4.78 is 18.6. The summed E-state index contributed by atoms with van der Waals surface area (Å²) in [6, 6.07) is 13.7. The van der Waals surface area contributed by atoms with E-state index in [-0.39, 0.29) is 29.9 Å². The monoisotopic (exact) mass is 357 g/mol. The van der Waals surface area contributed by atoms with E-state index in [1.54, 1.807) is 12.1 Å². The highest BCUT2D eigenvalue weighted by Crippen LogP contribution is 2.22. The third-order valence-corrected chi connectivity index (χ3v) is 4.25. The molecule has 0 aromatic heterocycles. The molecule has 3 N–H and O–H groups in total. The average Bonchev–Trinajstić information content (AvgIpc) is 3.11. The molecule has 1 amide bonds. The van der Waals surface area contributed by atoms with Gasteiger partial charge in [0.05, 0.1) is 6.10 Å². The minimum Gasteiger partial charge on any atom is -0.491 e. The summed E-state index contributed by atoms with van der Waals surface area (Å²) in [6.45, 7) is 4.42. The fraction of sp³-hybridized carbons (Fsp3) is 0.350. The van der Waals surface area contributed by atoms with Crippen LogP contribution in [0.3, 0.4) is 0 Å². The summed E-state index contributed by atoms with van der Waals surface area (Å²) in [5, 5.41) is 2.94. The van der Waals surface area contributed by atoms with E-state index in [0.717, 1.165) is 16.9 Å². The van der Waals surface area contributed by atoms with Gasteiger partial charge in [0.1, 0.15) is 17.6 Å². The number of carbonyl (C=O) groups is 1. The fourth-order valence-corrected chi connectivity index (χ4v) is 2.91. The molecule has 2 atom stereocenters. The van der Waals surface area contributed by atoms with Gasteiger partial charge in [0.2, 0.25) is 5.91 Å². The van der Waals surface area contributed by atoms with Crippen molar-refractivity contribution < 1.29 is 13.9 Å². The maximum Gasteiger partial charge on any atom is 0.238 e. The maximum atomic E-state index is 13.0. The van der Waals surface area contributed by atoms with E-state index in [1.807, 2.05) is 38.1 Å². The minimum atomic E-state index is -0.325. The van der Waals surface area contributed by atoms with Crippen molar-refractivity contribution in [3.8, 4) is 5.75 Å². The standard InChI is InChI=1S/C20H24FN3O2/c1-13(2)26-17-9-3-14(4-10-17)12-22-20(25)19-11-18(23-24-19)15-5-7-16(21)8-6-15/h3-10,13,18-19,23-24H,11-12H2,1-2H3,(H,22,25). The van der Waals surface area contributed by atoms with E-state index >= 15 is 0 Å². The van der Waals surface area contributed by atoms with Crippen molar-refractivity contribution >= 4 is 5.91 Å². The number of hydrogen-bond acceptors (Lipinski definition) is 4. The van der Waals surface area contributed by atoms with E-state index in [4.69, 9.17) is 4.74 Å². The lowest BCUT2D eigenvalue weighted by Gasteiger charge is -2.12. The van der Waals surface area contributed by atoms with Gasteiger partial charge in [-0.1, -0.05) is 24.3 Å². The summed E-state index contributed by atoms with van der Waals surface area (Å²) in [5.41, 5.74) is 8.07. The number of benzene rings is 2. The van der Waals surface area contributed by atoms with E-state index in [2.05, 4.69) is 16.2 Å². The summed E-state index contributed by atoms with van der Waals surface area (Å²) in [4.78, 5) is 12.4. The molecule has 2 aromatic carbocycles. The van der Waals surface area contributed by atoms with Crippen LogP contribution in [0.1, 0.15) is 37.4 Å². The molecule has 5 nitrogen and oxygen atoms in total. The highest BCUT2D eigenvalue weighted by molar-refractivity contribution is 5.82. The highest BCUT2D eigenvalue weighted by Gasteiger charge is 2.29. The lowest BCUT2D eigenvalue weighted by Crippen LogP contribution is -2.42. The van der Waals surface area contributed by atoms with Gasteiger partial charge in [-0.3, -0.25) is 4.79 Å². The van der Waals surface area contributed by atoms with Crippen LogP contribution >= 0.6 is 0 Å². The van der Waals surface area contributed by atoms with Gasteiger partial charge in [0.25, 0.3) is 0 Å². The van der Waals surface area contributed by atoms with Gasteiger partial charge < -0.3 is 10.1 Å². The molecule has 1 fully saturated rings. The zero-order valence-corrected chi connectivity index (χ0v) is 15.0. The molecule has 138 valence electrons. The molecule has 26 heavy (non-hydrogen) atoms. The Morgan fingerprint density at radius 1 is 1.15 bits per heavy atom. The van der Waals surface area contributed by atoms with Crippen LogP contribution in [0.25, 0.3) is 0 Å². The maximum absolute atomic E-state index is 13.0. The number of halogens is 1. The van der Waals surface area contributed by atoms with Crippen molar-refractivity contribution in [3.63, 3.8) is 0 Å². The van der Waals surface area contributed by atoms with Gasteiger partial charge in [-0.15, -0.1) is 0 Å². The largest absolute Gasteiger partial charge is 0.491 e. The molecule has 3 rings (SSSR count). The first-order valence-electron chi connectivity index (χ1n) is 8.81. The molecule has 6 heteroatoms. The molecule has 0 saturated carbocycles. The molecule has 0 bridgehead atoms. The molecule has 1 saturated heterocycles. The summed E-state index contributed by atoms with van der Waals surface area (Å²) in [7, 11) is 0. The van der Waals surface area contributed by atoms with E-state index in [0.29, 0.717) is 13.0 Å². The summed E-state index contributed by atoms with van der Waals surface area (Å²) in [6.07, 6.45) is 0.745. The molecule has 0 aliphatic carbocycles. The number of ether oxygens (including phenoxy) is 1. The number of carbonyl (C=O) groups excluding carboxylic acids is 1. The van der Waals surface area contributed by atoms with Crippen molar-refractivity contribution in [2.45, 2.75) is 45.0 Å². The third-order valence-electron chi connectivity index (χ3n) is 4.25. The summed E-state index contributed by atoms with van der Waals surface area (Å²) >= 11 is 0. The SMILES string of the molecule is CC(C)Oc1ccc(CNC(=O)C2CC(c3ccc(F)cc3)NN2)cc1. The van der Waals surface area contributed by atoms with Crippen molar-refractivity contribution in [2.24, 2.45) is 0 Å². The van der Waals surface area contributed by atoms with Crippen LogP contribution in [0.15, 0.2) is 48.5 Å². The first-order chi connectivity index (χ1) is 12.5. The molecule has 2 aromatic rings. The van der Waals surface area contributed by atoms with Gasteiger partial charge in [0, 0.05) is 12.6 Å². The lowest BCUT2D eigenvalue weighted by atomic mass is 10.0. The van der Waals surface area contributed by atoms with E-state index in [1.165, 1.54) is 12.1 Å². The van der Waals surface area contributed by atoms with Crippen LogP contribution in [0.5, 0.6) is 5.75 Å². The molecule has 1 aliphatic heterocycles. The van der Waals surface area contributed by atoms with Gasteiger partial charge in [0.15, 0.2) is 0 Å². The lowest BCUT2D eigenvalue weighted by molar-refractivity contribution is -0.123. The first-order valence-corrected chi connectivity index (χ1v) is 8.81. The van der Waals surface area contributed by atoms with Crippen molar-refractivity contribution in [1.82, 2.24) is 16.2 Å². The average molecular weight is 357 g/mol. The van der Waals surface area contributed by atoms with Crippen LogP contribution in [0, 0.1) is 5.82 Å². The quantitative estimate of drug-likeness (QED) is 0.744. The molecule has 1 aliphatic rings. The first kappa shape index (κ1) is 18.4. The number of hydrazine groups is 1. The molecule has 2 unspecified atom stereocenters. The highest BCUT2D eigenvalue weighted by atomic mass is 19.1. The molecule has 0 radical (unpaired) electrons. The van der Waals surface area contributed by atoms with Gasteiger partial charge in [-0.05, 0) is 55.7 Å². The fourth-order valence-electron chi connectivity index (χ4n) is 2.91. The number of hydrogen-bond donors (Lipinski definition) is 3. The van der Waals surface area contributed by atoms with Crippen LogP contribution < -0.4 is 20.9 Å². The Bertz CT molecular complexity index is 732. The number of rotatable bonds is 6. The third kappa shape index (κ3) is 4.80. The topological polar surface area (TPSA) is 62.4 Å². The van der Waals surface area contributed by atoms with Gasteiger partial charge in [-0.25, -0.2) is 15.2 Å². The minimum absolute atomic E-state index is 0.0150. The van der Waals surface area contributed by atoms with Crippen LogP contribution in [-0.2, 0) is 11.3 Å². The second-order valence-electron chi connectivity index (χ2n) is 6.71. The molecule has 1 heterocycles. The van der Waals surface area contributed by atoms with Gasteiger partial charge >= 0.3 is 0 Å². The smallest absolute Gasteiger partial charge is 0.238 e. The van der Waals surface area contributed by atoms with Crippen LogP contribution in [0.4, 0.5) is 4.39 Å². The Labute approximate surface area is 152 Å². The van der Waals surface area contributed by atoms with Gasteiger partial charge in [-0.2, -0.15) is 0 Å². The second kappa shape index (κ2) is 8.29. The van der Waals surface area contributed by atoms with Crippen LogP contribution in [0.2, 0.25) is 0 Å². The van der Waals surface area contributed by atoms with Crippen LogP contribution in [-0.4, -0.2) is 18.1 Å². The zero-order chi connectivity index (χ0) is 18.5. The summed E-state index contributed by atoms with van der Waals surface area (Å²) in [5.74, 6) is 0.488. The second-order valence-corrected chi connectivity index (χ2v) is 6.71. The van der Waals surface area contributed by atoms with Crippen molar-refractivity contribution in [1.29, 1.82) is 0 Å². The molecule has 0 spiro atoms. The number of amides is 1. The van der Waals surface area contributed by atoms with Crippen molar-refractivity contribution in [2.75, 3.05) is 0 Å². The Balaban J connectivity index is 1.49. The van der Waals surface area contributed by atoms with Crippen molar-refractivity contribution in [3.05, 3.63) is 65.5 Å².